The third-order valence-electron chi connectivity index (χ3n) is 5.47. The molecule has 3 rings (SSSR count). The van der Waals surface area contributed by atoms with Crippen LogP contribution in [0, 0.1) is 6.92 Å². The molecule has 1 aliphatic heterocycles. The number of aryl methyl sites for hydroxylation is 1. The smallest absolute Gasteiger partial charge is 0.348 e. The highest BCUT2D eigenvalue weighted by Gasteiger charge is 2.34. The summed E-state index contributed by atoms with van der Waals surface area (Å²) in [6.07, 6.45) is 0.585. The molecule has 2 heterocycles. The van der Waals surface area contributed by atoms with Crippen LogP contribution in [0.4, 0.5) is 16.5 Å². The Hall–Kier alpha value is -3.10. The van der Waals surface area contributed by atoms with Crippen LogP contribution in [-0.4, -0.2) is 46.1 Å². The van der Waals surface area contributed by atoms with Gasteiger partial charge in [-0.3, -0.25) is 4.79 Å². The van der Waals surface area contributed by atoms with E-state index in [1.165, 1.54) is 0 Å². The number of hydrogen-bond donors (Lipinski definition) is 1. The quantitative estimate of drug-likeness (QED) is 0.792. The van der Waals surface area contributed by atoms with E-state index in [0.717, 1.165) is 17.7 Å². The lowest BCUT2D eigenvalue weighted by atomic mass is 10.0. The molecule has 0 radical (unpaired) electrons. The molecular formula is C22H29N4O5-. The third kappa shape index (κ3) is 4.35. The van der Waals surface area contributed by atoms with Crippen LogP contribution in [0.2, 0.25) is 0 Å². The molecule has 0 bridgehead atoms. The summed E-state index contributed by atoms with van der Waals surface area (Å²) in [5.41, 5.74) is -1.34. The second kappa shape index (κ2) is 7.86. The van der Waals surface area contributed by atoms with Gasteiger partial charge in [0.15, 0.2) is 0 Å². The Morgan fingerprint density at radius 3 is 2.32 bits per heavy atom. The van der Waals surface area contributed by atoms with Crippen LogP contribution in [-0.2, 0) is 4.79 Å². The fourth-order valence-electron chi connectivity index (χ4n) is 3.97. The summed E-state index contributed by atoms with van der Waals surface area (Å²) in [4.78, 5) is 44.6. The Labute approximate surface area is 181 Å². The van der Waals surface area contributed by atoms with Crippen molar-refractivity contribution < 1.29 is 19.1 Å². The highest BCUT2D eigenvalue weighted by atomic mass is 16.4. The zero-order valence-corrected chi connectivity index (χ0v) is 18.9. The number of benzene rings is 1. The summed E-state index contributed by atoms with van der Waals surface area (Å²) < 4.78 is 5.37. The van der Waals surface area contributed by atoms with Crippen LogP contribution in [0.25, 0.3) is 10.9 Å². The highest BCUT2D eigenvalue weighted by molar-refractivity contribution is 5.94. The van der Waals surface area contributed by atoms with Gasteiger partial charge in [-0.1, -0.05) is 0 Å². The highest BCUT2D eigenvalue weighted by Crippen LogP contribution is 2.31. The molecule has 9 nitrogen and oxygen atoms in total. The lowest BCUT2D eigenvalue weighted by Gasteiger charge is -2.38. The fourth-order valence-corrected chi connectivity index (χ4v) is 3.97. The number of nitrogens with one attached hydrogen (secondary N) is 1. The number of likely N-dealkylation sites (tertiary alicyclic amines) is 1. The maximum Gasteiger partial charge on any atom is 0.348 e. The van der Waals surface area contributed by atoms with Crippen molar-refractivity contribution in [1.82, 2.24) is 9.88 Å². The van der Waals surface area contributed by atoms with Crippen molar-refractivity contribution in [3.8, 4) is 0 Å². The van der Waals surface area contributed by atoms with Crippen LogP contribution in [0.1, 0.15) is 53.0 Å². The van der Waals surface area contributed by atoms with Crippen molar-refractivity contribution in [2.24, 2.45) is 0 Å². The zero-order valence-electron chi connectivity index (χ0n) is 18.9. The summed E-state index contributed by atoms with van der Waals surface area (Å²) in [5.74, 6) is -0.0872. The van der Waals surface area contributed by atoms with Crippen molar-refractivity contribution in [2.45, 2.75) is 65.5 Å². The molecule has 31 heavy (non-hydrogen) atoms. The minimum atomic E-state index is -1.37. The van der Waals surface area contributed by atoms with E-state index in [1.807, 2.05) is 0 Å². The number of carboxylic acid groups (broad SMARTS) is 1. The van der Waals surface area contributed by atoms with E-state index in [4.69, 9.17) is 4.42 Å². The molecular weight excluding hydrogens is 400 g/mol. The van der Waals surface area contributed by atoms with Crippen molar-refractivity contribution >= 4 is 34.6 Å². The standard InChI is InChI=1S/C22H30N4O5/c1-13-15(26(20(29)30)21(2,3)4)10-9-14-16(13)17(27)31-19(23-14)24-22(5,6)18(28)25-11-7-8-12-25/h9-10H,7-8,11-12H2,1-6H3,(H,23,24)(H,29,30)/p-1. The van der Waals surface area contributed by atoms with Crippen LogP contribution < -0.4 is 20.9 Å². The number of amides is 2. The molecule has 2 aromatic rings. The van der Waals surface area contributed by atoms with Crippen molar-refractivity contribution in [1.29, 1.82) is 0 Å². The molecule has 0 atom stereocenters. The van der Waals surface area contributed by atoms with E-state index >= 15 is 0 Å². The molecule has 0 saturated carbocycles. The molecule has 9 heteroatoms. The Balaban J connectivity index is 2.00. The Morgan fingerprint density at radius 2 is 1.77 bits per heavy atom. The van der Waals surface area contributed by atoms with Gasteiger partial charge in [0.25, 0.3) is 6.01 Å². The molecule has 1 aromatic carbocycles. The molecule has 0 spiro atoms. The Bertz CT molecular complexity index is 1080. The molecule has 1 fully saturated rings. The number of hydrogen-bond acceptors (Lipinski definition) is 7. The molecule has 1 saturated heterocycles. The first-order chi connectivity index (χ1) is 14.3. The van der Waals surface area contributed by atoms with Crippen LogP contribution in [0.5, 0.6) is 0 Å². The number of anilines is 2. The Kier molecular flexibility index (Phi) is 5.73. The van der Waals surface area contributed by atoms with Gasteiger partial charge >= 0.3 is 5.63 Å². The number of carbonyl (C=O) groups excluding carboxylic acids is 2. The topological polar surface area (TPSA) is 119 Å². The first-order valence-electron chi connectivity index (χ1n) is 10.4. The van der Waals surface area contributed by atoms with Gasteiger partial charge < -0.3 is 29.4 Å². The average molecular weight is 429 g/mol. The van der Waals surface area contributed by atoms with Crippen LogP contribution in [0.3, 0.4) is 0 Å². The third-order valence-corrected chi connectivity index (χ3v) is 5.47. The zero-order chi connectivity index (χ0) is 23.1. The minimum absolute atomic E-state index is 0.0604. The molecule has 0 unspecified atom stereocenters. The summed E-state index contributed by atoms with van der Waals surface area (Å²) in [7, 11) is 0. The fraction of sp³-hybridized carbons (Fsp3) is 0.545. The summed E-state index contributed by atoms with van der Waals surface area (Å²) in [6.45, 7) is 11.7. The van der Waals surface area contributed by atoms with Crippen molar-refractivity contribution in [3.05, 3.63) is 28.1 Å². The number of aromatic nitrogens is 1. The van der Waals surface area contributed by atoms with Gasteiger partial charge in [-0.15, -0.1) is 0 Å². The normalized spacial score (nSPS) is 14.7. The van der Waals surface area contributed by atoms with Gasteiger partial charge in [0.2, 0.25) is 5.91 Å². The van der Waals surface area contributed by atoms with Gasteiger partial charge in [-0.05, 0) is 72.1 Å². The van der Waals surface area contributed by atoms with Crippen LogP contribution >= 0.6 is 0 Å². The average Bonchev–Trinajstić information content (AvgIpc) is 3.15. The van der Waals surface area contributed by atoms with Crippen molar-refractivity contribution in [3.63, 3.8) is 0 Å². The largest absolute Gasteiger partial charge is 0.530 e. The number of nitrogens with zero attached hydrogens (tertiary/aromatic N) is 3. The first kappa shape index (κ1) is 22.6. The molecule has 2 amide bonds. The predicted octanol–water partition coefficient (Wildman–Crippen LogP) is 2.26. The van der Waals surface area contributed by atoms with Crippen molar-refractivity contribution in [2.75, 3.05) is 23.3 Å². The second-order valence-corrected chi connectivity index (χ2v) is 9.43. The van der Waals surface area contributed by atoms with Gasteiger partial charge in [-0.2, -0.15) is 4.98 Å². The van der Waals surface area contributed by atoms with E-state index in [2.05, 4.69) is 10.3 Å². The minimum Gasteiger partial charge on any atom is -0.530 e. The first-order valence-corrected chi connectivity index (χ1v) is 10.4. The monoisotopic (exact) mass is 429 g/mol. The predicted molar refractivity (Wildman–Crippen MR) is 116 cm³/mol. The number of carbonyl (C=O) groups is 2. The summed E-state index contributed by atoms with van der Waals surface area (Å²) >= 11 is 0. The molecule has 0 aliphatic carbocycles. The van der Waals surface area contributed by atoms with Crippen LogP contribution in [0.15, 0.2) is 21.3 Å². The summed E-state index contributed by atoms with van der Waals surface area (Å²) in [6, 6.07) is 3.10. The van der Waals surface area contributed by atoms with Gasteiger partial charge in [0.05, 0.1) is 10.9 Å². The van der Waals surface area contributed by atoms with E-state index in [0.29, 0.717) is 29.9 Å². The maximum atomic E-state index is 12.8. The second-order valence-electron chi connectivity index (χ2n) is 9.43. The number of rotatable bonds is 4. The lowest BCUT2D eigenvalue weighted by Crippen LogP contribution is -2.52. The van der Waals surface area contributed by atoms with E-state index < -0.39 is 22.8 Å². The van der Waals surface area contributed by atoms with E-state index in [-0.39, 0.29) is 17.3 Å². The van der Waals surface area contributed by atoms with Gasteiger partial charge in [0, 0.05) is 24.3 Å². The summed E-state index contributed by atoms with van der Waals surface area (Å²) in [5, 5.41) is 14.9. The lowest BCUT2D eigenvalue weighted by molar-refractivity contribution is -0.247. The molecule has 1 N–H and O–H groups in total. The van der Waals surface area contributed by atoms with Gasteiger partial charge in [-0.25, -0.2) is 4.79 Å². The SMILES string of the molecule is Cc1c(N(C(=O)[O-])C(C)(C)C)ccc2nc(NC(C)(C)C(=O)N3CCCC3)oc(=O)c12. The maximum absolute atomic E-state index is 12.8. The van der Waals surface area contributed by atoms with E-state index in [9.17, 15) is 19.5 Å². The molecule has 1 aliphatic rings. The van der Waals surface area contributed by atoms with E-state index in [1.54, 1.807) is 58.6 Å². The number of fused-ring (bicyclic) bond motifs is 1. The Morgan fingerprint density at radius 1 is 1.16 bits per heavy atom. The van der Waals surface area contributed by atoms with Gasteiger partial charge in [0.1, 0.15) is 11.6 Å². The molecule has 1 aromatic heterocycles. The molecule has 168 valence electrons.